The molecule has 0 bridgehead atoms. The summed E-state index contributed by atoms with van der Waals surface area (Å²) < 4.78 is 0. The molecule has 4 fully saturated rings. The molecule has 0 aromatic carbocycles. The van der Waals surface area contributed by atoms with E-state index in [1.807, 2.05) is 41.5 Å². The molecule has 0 nitrogen and oxygen atoms in total. The van der Waals surface area contributed by atoms with Crippen molar-refractivity contribution in [1.29, 1.82) is 0 Å². The first-order chi connectivity index (χ1) is 15.8. The maximum atomic E-state index is 2.74. The van der Waals surface area contributed by atoms with E-state index in [9.17, 15) is 0 Å². The lowest BCUT2D eigenvalue weighted by Crippen LogP contribution is -2.53. The number of rotatable bonds is 5. The minimum atomic E-state index is 0. The summed E-state index contributed by atoms with van der Waals surface area (Å²) in [5.74, 6) is 7.22. The predicted molar refractivity (Wildman–Crippen MR) is 158 cm³/mol. The predicted octanol–water partition coefficient (Wildman–Crippen LogP) is 12.2. The number of fused-ring (bicyclic) bond motifs is 5. The van der Waals surface area contributed by atoms with Crippen molar-refractivity contribution in [2.75, 3.05) is 0 Å². The van der Waals surface area contributed by atoms with Crippen molar-refractivity contribution >= 4 is 0 Å². The lowest BCUT2D eigenvalue weighted by atomic mass is 9.44. The first-order valence-corrected chi connectivity index (χ1v) is 15.8. The lowest BCUT2D eigenvalue weighted by Gasteiger charge is -2.61. The summed E-state index contributed by atoms with van der Waals surface area (Å²) >= 11 is 0. The molecular formula is C34H70. The van der Waals surface area contributed by atoms with Crippen LogP contribution in [0.15, 0.2) is 0 Å². The van der Waals surface area contributed by atoms with Gasteiger partial charge in [0.05, 0.1) is 0 Å². The van der Waals surface area contributed by atoms with Gasteiger partial charge >= 0.3 is 0 Å². The zero-order valence-corrected chi connectivity index (χ0v) is 25.2. The highest BCUT2D eigenvalue weighted by atomic mass is 14.6. The molecule has 0 radical (unpaired) electrons. The van der Waals surface area contributed by atoms with E-state index >= 15 is 0 Å². The monoisotopic (exact) mass is 479 g/mol. The molecule has 8 unspecified atom stereocenters. The van der Waals surface area contributed by atoms with Gasteiger partial charge in [-0.3, -0.25) is 0 Å². The maximum Gasteiger partial charge on any atom is -0.0266 e. The van der Waals surface area contributed by atoms with Crippen LogP contribution >= 0.6 is 0 Å². The normalized spacial score (nSPS) is 39.9. The van der Waals surface area contributed by atoms with E-state index in [1.54, 1.807) is 51.4 Å². The van der Waals surface area contributed by atoms with E-state index in [-0.39, 0.29) is 7.43 Å². The Morgan fingerprint density at radius 2 is 1.29 bits per heavy atom. The first kappa shape index (κ1) is 34.0. The first-order valence-electron chi connectivity index (χ1n) is 15.8. The van der Waals surface area contributed by atoms with Gasteiger partial charge in [0.2, 0.25) is 0 Å². The molecule has 0 saturated heterocycles. The van der Waals surface area contributed by atoms with Crippen molar-refractivity contribution in [1.82, 2.24) is 0 Å². The molecule has 0 amide bonds. The Hall–Kier alpha value is 0. The third kappa shape index (κ3) is 7.28. The number of hydrogen-bond acceptors (Lipinski definition) is 0. The summed E-state index contributed by atoms with van der Waals surface area (Å²) in [5, 5.41) is 0. The van der Waals surface area contributed by atoms with Crippen LogP contribution in [0, 0.1) is 52.3 Å². The third-order valence-electron chi connectivity index (χ3n) is 10.7. The maximum absolute atomic E-state index is 2.74. The van der Waals surface area contributed by atoms with Crippen molar-refractivity contribution in [3.63, 3.8) is 0 Å². The van der Waals surface area contributed by atoms with E-state index < -0.39 is 0 Å². The molecule has 4 rings (SSSR count). The van der Waals surface area contributed by atoms with Crippen LogP contribution in [0.5, 0.6) is 0 Å². The van der Waals surface area contributed by atoms with Gasteiger partial charge in [-0.2, -0.15) is 0 Å². The minimum absolute atomic E-state index is 0. The Morgan fingerprint density at radius 1 is 0.706 bits per heavy atom. The summed E-state index contributed by atoms with van der Waals surface area (Å²) in [6, 6.07) is 0. The zero-order chi connectivity index (χ0) is 25.2. The average Bonchev–Trinajstić information content (AvgIpc) is 3.17. The fraction of sp³-hybridized carbons (Fsp3) is 1.00. The van der Waals surface area contributed by atoms with Crippen LogP contribution in [0.2, 0.25) is 0 Å². The van der Waals surface area contributed by atoms with Gasteiger partial charge in [-0.05, 0) is 110 Å². The summed E-state index contributed by atoms with van der Waals surface area (Å²) in [5.41, 5.74) is 1.40. The summed E-state index contributed by atoms with van der Waals surface area (Å²) in [7, 11) is 0. The van der Waals surface area contributed by atoms with Crippen molar-refractivity contribution in [3.8, 4) is 0 Å². The molecule has 206 valence electrons. The van der Waals surface area contributed by atoms with Crippen molar-refractivity contribution in [2.45, 2.75) is 167 Å². The highest BCUT2D eigenvalue weighted by Gasteiger charge is 2.59. The molecule has 8 atom stereocenters. The van der Waals surface area contributed by atoms with Gasteiger partial charge < -0.3 is 0 Å². The molecule has 0 N–H and O–H groups in total. The Labute approximate surface area is 219 Å². The summed E-state index contributed by atoms with van der Waals surface area (Å²) in [4.78, 5) is 0. The van der Waals surface area contributed by atoms with E-state index in [0.29, 0.717) is 10.8 Å². The second-order valence-corrected chi connectivity index (χ2v) is 12.5. The van der Waals surface area contributed by atoms with Gasteiger partial charge in [0.1, 0.15) is 0 Å². The average molecular weight is 479 g/mol. The van der Waals surface area contributed by atoms with Gasteiger partial charge in [0.15, 0.2) is 0 Å². The van der Waals surface area contributed by atoms with Gasteiger partial charge in [0, 0.05) is 0 Å². The second-order valence-electron chi connectivity index (χ2n) is 12.5. The Bertz CT molecular complexity index is 506. The van der Waals surface area contributed by atoms with E-state index in [0.717, 1.165) is 41.4 Å². The SMILES string of the molecule is C.CC.CC.CC.CC(C)CCCCC1CCC2C3CCC4CC(C)CCC4(C)C3CCC12C. The van der Waals surface area contributed by atoms with Crippen LogP contribution < -0.4 is 0 Å². The lowest BCUT2D eigenvalue weighted by molar-refractivity contribution is -0.117. The molecule has 0 spiro atoms. The van der Waals surface area contributed by atoms with Gasteiger partial charge in [-0.15, -0.1) is 0 Å². The van der Waals surface area contributed by atoms with Crippen molar-refractivity contribution < 1.29 is 0 Å². The second kappa shape index (κ2) is 16.0. The fourth-order valence-corrected chi connectivity index (χ4v) is 9.00. The molecule has 0 aliphatic heterocycles. The van der Waals surface area contributed by atoms with Gasteiger partial charge in [0.25, 0.3) is 0 Å². The molecule has 4 aliphatic carbocycles. The van der Waals surface area contributed by atoms with Crippen molar-refractivity contribution in [2.24, 2.45) is 52.3 Å². The fourth-order valence-electron chi connectivity index (χ4n) is 9.00. The molecule has 4 saturated carbocycles. The van der Waals surface area contributed by atoms with E-state index in [4.69, 9.17) is 0 Å². The molecule has 0 aromatic rings. The van der Waals surface area contributed by atoms with E-state index in [1.165, 1.54) is 32.1 Å². The largest absolute Gasteiger partial charge is 0.0776 e. The molecule has 34 heavy (non-hydrogen) atoms. The molecule has 0 heterocycles. The van der Waals surface area contributed by atoms with Crippen molar-refractivity contribution in [3.05, 3.63) is 0 Å². The highest BCUT2D eigenvalue weighted by molar-refractivity contribution is 5.08. The van der Waals surface area contributed by atoms with Crippen LogP contribution in [0.3, 0.4) is 0 Å². The quantitative estimate of drug-likeness (QED) is 0.344. The molecule has 0 heteroatoms. The Morgan fingerprint density at radius 3 is 1.91 bits per heavy atom. The number of unbranched alkanes of at least 4 members (excludes halogenated alkanes) is 1. The molecule has 4 aliphatic rings. The smallest absolute Gasteiger partial charge is 0.0266 e. The van der Waals surface area contributed by atoms with E-state index in [2.05, 4.69) is 34.6 Å². The zero-order valence-electron chi connectivity index (χ0n) is 25.2. The van der Waals surface area contributed by atoms with Gasteiger partial charge in [-0.1, -0.05) is 109 Å². The topological polar surface area (TPSA) is 0 Å². The standard InChI is InChI=1S/C27H48.3C2H6.CH4/c1-19(2)8-6-7-9-21-11-13-24-23-12-10-22-18-20(3)14-16-27(22,5)25(23)15-17-26(21,24)4;3*1-2;/h19-25H,6-18H2,1-5H3;3*1-2H3;1H4. The third-order valence-corrected chi connectivity index (χ3v) is 10.7. The summed E-state index contributed by atoms with van der Waals surface area (Å²) in [6.45, 7) is 24.8. The Kier molecular flexibility index (Phi) is 16.0. The molecular weight excluding hydrogens is 408 g/mol. The van der Waals surface area contributed by atoms with Crippen LogP contribution in [-0.2, 0) is 0 Å². The van der Waals surface area contributed by atoms with Crippen LogP contribution in [0.4, 0.5) is 0 Å². The highest BCUT2D eigenvalue weighted by Crippen LogP contribution is 2.68. The van der Waals surface area contributed by atoms with Crippen LogP contribution in [0.25, 0.3) is 0 Å². The molecule has 0 aromatic heterocycles. The minimum Gasteiger partial charge on any atom is -0.0776 e. The number of hydrogen-bond donors (Lipinski definition) is 0. The van der Waals surface area contributed by atoms with Gasteiger partial charge in [-0.25, -0.2) is 0 Å². The summed E-state index contributed by atoms with van der Waals surface area (Å²) in [6.07, 6.45) is 19.9. The Balaban J connectivity index is 0.00000145. The van der Waals surface area contributed by atoms with Crippen LogP contribution in [-0.4, -0.2) is 0 Å². The van der Waals surface area contributed by atoms with Crippen LogP contribution in [0.1, 0.15) is 167 Å².